The van der Waals surface area contributed by atoms with Crippen molar-refractivity contribution in [2.45, 2.75) is 26.2 Å². The van der Waals surface area contributed by atoms with Crippen LogP contribution >= 0.6 is 0 Å². The van der Waals surface area contributed by atoms with Crippen molar-refractivity contribution in [2.75, 3.05) is 23.5 Å². The summed E-state index contributed by atoms with van der Waals surface area (Å²) in [4.78, 5) is 31.0. The number of aryl methyl sites for hydroxylation is 2. The fourth-order valence-electron chi connectivity index (χ4n) is 4.67. The molecule has 3 aromatic rings. The molecule has 5 nitrogen and oxygen atoms in total. The number of nitrogens with zero attached hydrogens (tertiary/aromatic N) is 2. The first-order valence-corrected chi connectivity index (χ1v) is 11.3. The fraction of sp³-hybridized carbons (Fsp3) is 0.214. The Labute approximate surface area is 193 Å². The van der Waals surface area contributed by atoms with Crippen LogP contribution in [0.1, 0.15) is 30.0 Å². The van der Waals surface area contributed by atoms with E-state index in [4.69, 9.17) is 4.74 Å². The number of benzene rings is 3. The molecule has 0 unspecified atom stereocenters. The zero-order valence-electron chi connectivity index (χ0n) is 18.9. The van der Waals surface area contributed by atoms with Crippen molar-refractivity contribution in [3.63, 3.8) is 0 Å². The highest BCUT2D eigenvalue weighted by Gasteiger charge is 2.43. The standard InChI is InChI=1S/C28H26N2O3/c1-3-19-10-14-22(15-11-19)30-27(31)25(21-12-16-23(33-2)17-13-21)26(28(30)32)29-18-6-8-20-7-4-5-9-24(20)29/h4-5,7,9-17H,3,6,8,18H2,1-2H3. The van der Waals surface area contributed by atoms with Crippen molar-refractivity contribution in [1.82, 2.24) is 0 Å². The highest BCUT2D eigenvalue weighted by atomic mass is 16.5. The lowest BCUT2D eigenvalue weighted by Gasteiger charge is -2.32. The third-order valence-corrected chi connectivity index (χ3v) is 6.42. The van der Waals surface area contributed by atoms with Crippen LogP contribution in [0, 0.1) is 0 Å². The van der Waals surface area contributed by atoms with Crippen LogP contribution in [0.25, 0.3) is 5.57 Å². The first-order chi connectivity index (χ1) is 16.1. The molecule has 2 aliphatic heterocycles. The third-order valence-electron chi connectivity index (χ3n) is 6.42. The van der Waals surface area contributed by atoms with Crippen LogP contribution in [0.5, 0.6) is 5.75 Å². The number of imide groups is 1. The minimum atomic E-state index is -0.299. The van der Waals surface area contributed by atoms with Gasteiger partial charge in [-0.05, 0) is 66.3 Å². The van der Waals surface area contributed by atoms with E-state index in [0.717, 1.165) is 30.5 Å². The first kappa shape index (κ1) is 21.0. The summed E-state index contributed by atoms with van der Waals surface area (Å²) in [6.45, 7) is 2.77. The minimum absolute atomic E-state index is 0.285. The molecule has 0 spiro atoms. The van der Waals surface area contributed by atoms with Gasteiger partial charge < -0.3 is 9.64 Å². The Bertz CT molecular complexity index is 1240. The number of methoxy groups -OCH3 is 1. The van der Waals surface area contributed by atoms with Gasteiger partial charge in [-0.25, -0.2) is 4.90 Å². The number of carbonyl (C=O) groups is 2. The van der Waals surface area contributed by atoms with Gasteiger partial charge in [-0.3, -0.25) is 9.59 Å². The lowest BCUT2D eigenvalue weighted by atomic mass is 9.98. The Hall–Kier alpha value is -3.86. The van der Waals surface area contributed by atoms with Gasteiger partial charge in [0.15, 0.2) is 0 Å². The summed E-state index contributed by atoms with van der Waals surface area (Å²) in [6, 6.07) is 23.1. The minimum Gasteiger partial charge on any atom is -0.497 e. The lowest BCUT2D eigenvalue weighted by molar-refractivity contribution is -0.120. The molecule has 0 fully saturated rings. The Morgan fingerprint density at radius 2 is 1.61 bits per heavy atom. The van der Waals surface area contributed by atoms with Gasteiger partial charge >= 0.3 is 0 Å². The van der Waals surface area contributed by atoms with Crippen molar-refractivity contribution >= 4 is 28.8 Å². The summed E-state index contributed by atoms with van der Waals surface area (Å²) >= 11 is 0. The number of hydrogen-bond donors (Lipinski definition) is 0. The predicted octanol–water partition coefficient (Wildman–Crippen LogP) is 4.99. The molecule has 5 heteroatoms. The number of rotatable bonds is 5. The molecule has 0 atom stereocenters. The van der Waals surface area contributed by atoms with E-state index in [1.807, 2.05) is 71.6 Å². The molecule has 2 aliphatic rings. The summed E-state index contributed by atoms with van der Waals surface area (Å²) in [5.74, 6) is 0.118. The number of fused-ring (bicyclic) bond motifs is 1. The van der Waals surface area contributed by atoms with Crippen molar-refractivity contribution in [3.05, 3.63) is 95.2 Å². The van der Waals surface area contributed by atoms with Gasteiger partial charge in [0.1, 0.15) is 11.4 Å². The second kappa shape index (κ2) is 8.58. The maximum absolute atomic E-state index is 13.9. The number of para-hydroxylation sites is 1. The second-order valence-electron chi connectivity index (χ2n) is 8.30. The molecule has 2 amide bonds. The number of anilines is 2. The van der Waals surface area contributed by atoms with E-state index in [-0.39, 0.29) is 11.8 Å². The van der Waals surface area contributed by atoms with E-state index in [1.54, 1.807) is 7.11 Å². The molecular weight excluding hydrogens is 412 g/mol. The monoisotopic (exact) mass is 438 g/mol. The van der Waals surface area contributed by atoms with Crippen LogP contribution in [0.4, 0.5) is 11.4 Å². The summed E-state index contributed by atoms with van der Waals surface area (Å²) < 4.78 is 5.29. The molecule has 33 heavy (non-hydrogen) atoms. The molecule has 5 rings (SSSR count). The zero-order chi connectivity index (χ0) is 22.9. The van der Waals surface area contributed by atoms with Crippen LogP contribution in [-0.2, 0) is 22.4 Å². The van der Waals surface area contributed by atoms with Gasteiger partial charge in [-0.1, -0.05) is 49.4 Å². The van der Waals surface area contributed by atoms with E-state index in [1.165, 1.54) is 10.5 Å². The van der Waals surface area contributed by atoms with E-state index < -0.39 is 0 Å². The summed E-state index contributed by atoms with van der Waals surface area (Å²) in [6.07, 6.45) is 2.78. The van der Waals surface area contributed by atoms with E-state index >= 15 is 0 Å². The van der Waals surface area contributed by atoms with Gasteiger partial charge in [0.2, 0.25) is 0 Å². The molecular formula is C28H26N2O3. The van der Waals surface area contributed by atoms with Crippen LogP contribution < -0.4 is 14.5 Å². The summed E-state index contributed by atoms with van der Waals surface area (Å²) in [5.41, 5.74) is 5.51. The molecule has 0 bridgehead atoms. The van der Waals surface area contributed by atoms with Crippen LogP contribution in [-0.4, -0.2) is 25.5 Å². The molecule has 2 heterocycles. The largest absolute Gasteiger partial charge is 0.497 e. The molecule has 0 N–H and O–H groups in total. The number of ether oxygens (including phenoxy) is 1. The fourth-order valence-corrected chi connectivity index (χ4v) is 4.67. The Kier molecular flexibility index (Phi) is 5.47. The van der Waals surface area contributed by atoms with Crippen LogP contribution in [0.2, 0.25) is 0 Å². The lowest BCUT2D eigenvalue weighted by Crippen LogP contribution is -2.37. The topological polar surface area (TPSA) is 49.9 Å². The predicted molar refractivity (Wildman–Crippen MR) is 130 cm³/mol. The van der Waals surface area contributed by atoms with Gasteiger partial charge in [-0.15, -0.1) is 0 Å². The van der Waals surface area contributed by atoms with E-state index in [9.17, 15) is 9.59 Å². The Morgan fingerprint density at radius 1 is 0.879 bits per heavy atom. The molecule has 0 saturated carbocycles. The Balaban J connectivity index is 1.66. The van der Waals surface area contributed by atoms with Crippen molar-refractivity contribution in [2.24, 2.45) is 0 Å². The summed E-state index contributed by atoms with van der Waals surface area (Å²) in [5, 5.41) is 0. The smallest absolute Gasteiger partial charge is 0.282 e. The molecule has 0 aliphatic carbocycles. The average molecular weight is 439 g/mol. The maximum Gasteiger partial charge on any atom is 0.282 e. The highest BCUT2D eigenvalue weighted by Crippen LogP contribution is 2.39. The van der Waals surface area contributed by atoms with Gasteiger partial charge in [0, 0.05) is 12.2 Å². The van der Waals surface area contributed by atoms with Crippen LogP contribution in [0.15, 0.2) is 78.5 Å². The SMILES string of the molecule is CCc1ccc(N2C(=O)C(c3ccc(OC)cc3)=C(N3CCCc4ccccc43)C2=O)cc1. The Morgan fingerprint density at radius 3 is 2.30 bits per heavy atom. The van der Waals surface area contributed by atoms with Gasteiger partial charge in [0.05, 0.1) is 18.4 Å². The maximum atomic E-state index is 13.9. The highest BCUT2D eigenvalue weighted by molar-refractivity contribution is 6.46. The molecule has 3 aromatic carbocycles. The molecule has 0 aromatic heterocycles. The molecule has 166 valence electrons. The van der Waals surface area contributed by atoms with Crippen molar-refractivity contribution in [3.8, 4) is 5.75 Å². The first-order valence-electron chi connectivity index (χ1n) is 11.3. The number of hydrogen-bond acceptors (Lipinski definition) is 4. The second-order valence-corrected chi connectivity index (χ2v) is 8.30. The quantitative estimate of drug-likeness (QED) is 0.527. The van der Waals surface area contributed by atoms with Crippen molar-refractivity contribution in [1.29, 1.82) is 0 Å². The molecule has 0 saturated heterocycles. The number of amides is 2. The van der Waals surface area contributed by atoms with E-state index in [2.05, 4.69) is 13.0 Å². The number of carbonyl (C=O) groups excluding carboxylic acids is 2. The van der Waals surface area contributed by atoms with Crippen LogP contribution in [0.3, 0.4) is 0 Å². The van der Waals surface area contributed by atoms with Gasteiger partial charge in [-0.2, -0.15) is 0 Å². The third kappa shape index (κ3) is 3.59. The average Bonchev–Trinajstić information content (AvgIpc) is 3.13. The van der Waals surface area contributed by atoms with Crippen molar-refractivity contribution < 1.29 is 14.3 Å². The van der Waals surface area contributed by atoms with Gasteiger partial charge in [0.25, 0.3) is 11.8 Å². The molecule has 0 radical (unpaired) electrons. The van der Waals surface area contributed by atoms with E-state index in [0.29, 0.717) is 34.8 Å². The summed E-state index contributed by atoms with van der Waals surface area (Å²) in [7, 11) is 1.61. The normalized spacial score (nSPS) is 15.8. The zero-order valence-corrected chi connectivity index (χ0v) is 18.9.